The van der Waals surface area contributed by atoms with Gasteiger partial charge in [0.15, 0.2) is 5.79 Å². The molecule has 16 heteroatoms. The third-order valence-electron chi connectivity index (χ3n) is 11.6. The Morgan fingerprint density at radius 3 is 2.43 bits per heavy atom. The van der Waals surface area contributed by atoms with Crippen LogP contribution in [0.4, 0.5) is 4.79 Å². The van der Waals surface area contributed by atoms with Crippen molar-refractivity contribution in [1.29, 1.82) is 0 Å². The third-order valence-corrected chi connectivity index (χ3v) is 14.7. The van der Waals surface area contributed by atoms with Crippen LogP contribution in [0.1, 0.15) is 92.5 Å². The van der Waals surface area contributed by atoms with Gasteiger partial charge in [-0.3, -0.25) is 4.79 Å². The Kier molecular flexibility index (Phi) is 15.1. The number of carbonyl (C=O) groups is 3. The number of carbonyl (C=O) groups excluding carboxylic acids is 3. The minimum atomic E-state index is -4.04. The van der Waals surface area contributed by atoms with Crippen molar-refractivity contribution in [2.24, 2.45) is 17.3 Å². The van der Waals surface area contributed by atoms with Crippen LogP contribution in [0.25, 0.3) is 6.08 Å². The number of amides is 2. The zero-order chi connectivity index (χ0) is 45.7. The number of nitrogens with zero attached hydrogens (tertiary/aromatic N) is 1. The molecule has 63 heavy (non-hydrogen) atoms. The summed E-state index contributed by atoms with van der Waals surface area (Å²) in [7, 11) is -2.54. The van der Waals surface area contributed by atoms with Gasteiger partial charge < -0.3 is 39.4 Å². The molecule has 2 fully saturated rings. The number of benzene rings is 2. The van der Waals surface area contributed by atoms with Crippen molar-refractivity contribution in [3.8, 4) is 5.75 Å². The molecular formula is C47H63N3O11S2. The predicted molar refractivity (Wildman–Crippen MR) is 240 cm³/mol. The second-order valence-corrected chi connectivity index (χ2v) is 21.9. The molecule has 6 rings (SSSR count). The molecule has 3 aliphatic rings. The van der Waals surface area contributed by atoms with E-state index >= 15 is 0 Å². The number of aliphatic hydroxyl groups is 1. The van der Waals surface area contributed by atoms with E-state index in [4.69, 9.17) is 23.7 Å². The zero-order valence-electron chi connectivity index (χ0n) is 37.6. The van der Waals surface area contributed by atoms with Gasteiger partial charge in [0.2, 0.25) is 15.9 Å². The fourth-order valence-corrected chi connectivity index (χ4v) is 11.2. The SMILES string of the molecule is COc1ccc(S(=O)(=O)N(CC(C)C)C[C@@H](O)[C@H](Cc2ccccc2)NC(=O)O[C@H]2CO[C@@]3(CNC(=O)/C=C/c4sc5c(c4C(=O)OC(C)(C)C)CC(C)(C)CC5)OCC[C@@H]23)cc1. The lowest BCUT2D eigenvalue weighted by Gasteiger charge is -2.31. The Hall–Kier alpha value is -4.32. The topological polar surface area (TPSA) is 179 Å². The van der Waals surface area contributed by atoms with E-state index in [0.29, 0.717) is 29.2 Å². The second-order valence-electron chi connectivity index (χ2n) is 18.8. The van der Waals surface area contributed by atoms with E-state index in [1.54, 1.807) is 18.2 Å². The molecule has 344 valence electrons. The first-order chi connectivity index (χ1) is 29.7. The quantitative estimate of drug-likeness (QED) is 0.0991. The molecule has 1 aromatic heterocycles. The number of aryl methyl sites for hydroxylation is 1. The molecule has 3 N–H and O–H groups in total. The first kappa shape index (κ1) is 48.1. The largest absolute Gasteiger partial charge is 0.497 e. The van der Waals surface area contributed by atoms with Crippen LogP contribution in [0.5, 0.6) is 5.75 Å². The summed E-state index contributed by atoms with van der Waals surface area (Å²) in [5.41, 5.74) is 1.68. The lowest BCUT2D eigenvalue weighted by Crippen LogP contribution is -2.52. The number of hydrogen-bond donors (Lipinski definition) is 3. The maximum Gasteiger partial charge on any atom is 0.407 e. The number of methoxy groups -OCH3 is 1. The summed E-state index contributed by atoms with van der Waals surface area (Å²) in [6, 6.07) is 14.4. The van der Waals surface area contributed by atoms with Gasteiger partial charge in [0.1, 0.15) is 17.5 Å². The van der Waals surface area contributed by atoms with E-state index < -0.39 is 63.5 Å². The van der Waals surface area contributed by atoms with E-state index in [-0.39, 0.29) is 48.9 Å². The molecule has 0 radical (unpaired) electrons. The molecular weight excluding hydrogens is 847 g/mol. The molecule has 2 aromatic carbocycles. The van der Waals surface area contributed by atoms with Gasteiger partial charge in [0, 0.05) is 28.9 Å². The molecule has 3 aromatic rings. The summed E-state index contributed by atoms with van der Waals surface area (Å²) in [6.07, 6.45) is 3.48. The molecule has 1 aliphatic carbocycles. The van der Waals surface area contributed by atoms with E-state index in [2.05, 4.69) is 24.5 Å². The van der Waals surface area contributed by atoms with Gasteiger partial charge in [-0.25, -0.2) is 18.0 Å². The number of esters is 1. The van der Waals surface area contributed by atoms with E-state index in [0.717, 1.165) is 35.3 Å². The summed E-state index contributed by atoms with van der Waals surface area (Å²) in [5.74, 6) is -2.02. The number of ether oxygens (including phenoxy) is 5. The first-order valence-electron chi connectivity index (χ1n) is 21.6. The molecule has 0 saturated carbocycles. The monoisotopic (exact) mass is 909 g/mol. The van der Waals surface area contributed by atoms with Crippen LogP contribution < -0.4 is 15.4 Å². The highest BCUT2D eigenvalue weighted by molar-refractivity contribution is 7.89. The Morgan fingerprint density at radius 2 is 1.76 bits per heavy atom. The summed E-state index contributed by atoms with van der Waals surface area (Å²) in [5, 5.41) is 17.4. The van der Waals surface area contributed by atoms with Gasteiger partial charge in [0.05, 0.1) is 55.4 Å². The van der Waals surface area contributed by atoms with Crippen LogP contribution in [0.2, 0.25) is 0 Å². The van der Waals surface area contributed by atoms with Crippen LogP contribution in [0.3, 0.4) is 0 Å². The highest BCUT2D eigenvalue weighted by Gasteiger charge is 2.56. The van der Waals surface area contributed by atoms with E-state index in [9.17, 15) is 27.9 Å². The first-order valence-corrected chi connectivity index (χ1v) is 23.9. The van der Waals surface area contributed by atoms with Crippen LogP contribution in [-0.4, -0.2) is 105 Å². The number of sulfonamides is 1. The highest BCUT2D eigenvalue weighted by atomic mass is 32.2. The number of rotatable bonds is 17. The number of thiophene rings is 1. The summed E-state index contributed by atoms with van der Waals surface area (Å²) in [4.78, 5) is 42.4. The molecule has 0 unspecified atom stereocenters. The Balaban J connectivity index is 1.11. The Labute approximate surface area is 375 Å². The van der Waals surface area contributed by atoms with Gasteiger partial charge in [-0.2, -0.15) is 4.31 Å². The van der Waals surface area contributed by atoms with Crippen LogP contribution in [-0.2, 0) is 53.0 Å². The van der Waals surface area contributed by atoms with Crippen molar-refractivity contribution in [3.63, 3.8) is 0 Å². The third kappa shape index (κ3) is 12.1. The summed E-state index contributed by atoms with van der Waals surface area (Å²) in [6.45, 7) is 13.8. The van der Waals surface area contributed by atoms with Gasteiger partial charge in [-0.1, -0.05) is 58.0 Å². The fraction of sp³-hybridized carbons (Fsp3) is 0.553. The van der Waals surface area contributed by atoms with Crippen molar-refractivity contribution >= 4 is 45.4 Å². The van der Waals surface area contributed by atoms with Gasteiger partial charge >= 0.3 is 12.1 Å². The second kappa shape index (κ2) is 19.8. The number of alkyl carbamates (subject to hydrolysis) is 1. The maximum atomic E-state index is 13.9. The molecule has 14 nitrogen and oxygen atoms in total. The number of nitrogens with one attached hydrogen (secondary N) is 2. The average Bonchev–Trinajstić information content (AvgIpc) is 3.90. The smallest absolute Gasteiger partial charge is 0.407 e. The van der Waals surface area contributed by atoms with Gasteiger partial charge in [-0.05, 0) is 106 Å². The van der Waals surface area contributed by atoms with Gasteiger partial charge in [0.25, 0.3) is 0 Å². The molecule has 2 aliphatic heterocycles. The minimum absolute atomic E-state index is 0.00825. The standard InChI is InChI=1S/C47H63N3O11S2/c1-30(2)26-50(63(55,56)33-16-14-32(57-8)15-17-33)27-37(51)36(24-31-12-10-9-11-13-31)49-44(54)60-38-28-59-47(35(38)21-23-58-47)29-48-41(52)19-18-40-42(43(53)61-45(3,4)5)34-25-46(6,7)22-20-39(34)62-40/h9-19,30,35-38,51H,20-29H2,1-8H3,(H,48,52)(H,49,54)/b19-18+/t35-,36-,37+,38-,47+/m0/s1. The molecule has 0 spiro atoms. The average molecular weight is 910 g/mol. The normalized spacial score (nSPS) is 21.8. The Morgan fingerprint density at radius 1 is 1.05 bits per heavy atom. The maximum absolute atomic E-state index is 13.9. The zero-order valence-corrected chi connectivity index (χ0v) is 39.2. The summed E-state index contributed by atoms with van der Waals surface area (Å²) >= 11 is 1.51. The van der Waals surface area contributed by atoms with Gasteiger partial charge in [-0.15, -0.1) is 11.3 Å². The number of hydrogen-bond acceptors (Lipinski definition) is 12. The molecule has 5 atom stereocenters. The van der Waals surface area contributed by atoms with Crippen molar-refractivity contribution in [2.75, 3.05) is 40.0 Å². The Bertz CT molecular complexity index is 2220. The van der Waals surface area contributed by atoms with E-state index in [1.165, 1.54) is 41.0 Å². The molecule has 3 heterocycles. The highest BCUT2D eigenvalue weighted by Crippen LogP contribution is 2.44. The van der Waals surface area contributed by atoms with E-state index in [1.807, 2.05) is 65.0 Å². The molecule has 0 bridgehead atoms. The summed E-state index contributed by atoms with van der Waals surface area (Å²) < 4.78 is 58.2. The molecule has 2 saturated heterocycles. The molecule has 2 amide bonds. The number of aliphatic hydroxyl groups excluding tert-OH is 1. The van der Waals surface area contributed by atoms with Crippen molar-refractivity contribution in [2.45, 2.75) is 115 Å². The predicted octanol–water partition coefficient (Wildman–Crippen LogP) is 6.53. The number of fused-ring (bicyclic) bond motifs is 2. The van der Waals surface area contributed by atoms with Crippen LogP contribution in [0.15, 0.2) is 65.6 Å². The van der Waals surface area contributed by atoms with Crippen molar-refractivity contribution in [1.82, 2.24) is 14.9 Å². The lowest BCUT2D eigenvalue weighted by molar-refractivity contribution is -0.192. The van der Waals surface area contributed by atoms with Crippen LogP contribution >= 0.6 is 11.3 Å². The van der Waals surface area contributed by atoms with Crippen LogP contribution in [0, 0.1) is 17.3 Å². The van der Waals surface area contributed by atoms with Crippen molar-refractivity contribution in [3.05, 3.63) is 87.1 Å². The van der Waals surface area contributed by atoms with Crippen molar-refractivity contribution < 1.29 is 51.6 Å². The fourth-order valence-electron chi connectivity index (χ4n) is 8.41. The lowest BCUT2D eigenvalue weighted by atomic mass is 9.76. The minimum Gasteiger partial charge on any atom is -0.497 e.